The average molecular weight is 376 g/mol. The van der Waals surface area contributed by atoms with E-state index in [-0.39, 0.29) is 23.8 Å². The predicted octanol–water partition coefficient (Wildman–Crippen LogP) is 2.05. The van der Waals surface area contributed by atoms with Gasteiger partial charge in [-0.1, -0.05) is 12.1 Å². The lowest BCUT2D eigenvalue weighted by Crippen LogP contribution is -2.32. The molecule has 1 aliphatic heterocycles. The molecule has 7 nitrogen and oxygen atoms in total. The Labute approximate surface area is 154 Å². The van der Waals surface area contributed by atoms with Crippen molar-refractivity contribution in [3.63, 3.8) is 0 Å². The number of nitrogens with one attached hydrogen (secondary N) is 2. The molecular weight excluding hydrogens is 352 g/mol. The van der Waals surface area contributed by atoms with Crippen molar-refractivity contribution >= 4 is 15.9 Å². The summed E-state index contributed by atoms with van der Waals surface area (Å²) >= 11 is 0. The van der Waals surface area contributed by atoms with E-state index in [2.05, 4.69) is 26.2 Å². The van der Waals surface area contributed by atoms with Gasteiger partial charge in [-0.15, -0.1) is 12.3 Å². The number of sulfonamides is 1. The summed E-state index contributed by atoms with van der Waals surface area (Å²) in [6.07, 6.45) is 7.19. The van der Waals surface area contributed by atoms with Crippen molar-refractivity contribution in [1.82, 2.24) is 10.0 Å². The first-order valence-corrected chi connectivity index (χ1v) is 9.97. The lowest BCUT2D eigenvalue weighted by Gasteiger charge is -2.11. The van der Waals surface area contributed by atoms with Crippen molar-refractivity contribution < 1.29 is 13.2 Å². The van der Waals surface area contributed by atoms with Crippen LogP contribution in [0.25, 0.3) is 0 Å². The van der Waals surface area contributed by atoms with Crippen LogP contribution in [0.3, 0.4) is 0 Å². The van der Waals surface area contributed by atoms with E-state index in [1.165, 1.54) is 0 Å². The number of carbonyl (C=O) groups is 1. The first kappa shape index (κ1) is 20.1. The maximum Gasteiger partial charge on any atom is 0.240 e. The van der Waals surface area contributed by atoms with Crippen molar-refractivity contribution in [2.24, 2.45) is 10.2 Å². The second-order valence-electron chi connectivity index (χ2n) is 6.40. The molecular formula is C18H24N4O3S. The number of terminal acetylenes is 1. The summed E-state index contributed by atoms with van der Waals surface area (Å²) in [6.45, 7) is 4.05. The Morgan fingerprint density at radius 3 is 2.62 bits per heavy atom. The van der Waals surface area contributed by atoms with Gasteiger partial charge in [-0.3, -0.25) is 4.79 Å². The molecule has 0 saturated heterocycles. The molecule has 140 valence electrons. The molecule has 1 heterocycles. The van der Waals surface area contributed by atoms with Crippen molar-refractivity contribution in [2.45, 2.75) is 50.1 Å². The molecule has 0 aromatic heterocycles. The highest BCUT2D eigenvalue weighted by Crippen LogP contribution is 2.35. The van der Waals surface area contributed by atoms with E-state index >= 15 is 0 Å². The molecule has 2 N–H and O–H groups in total. The van der Waals surface area contributed by atoms with Crippen molar-refractivity contribution in [3.8, 4) is 12.3 Å². The Morgan fingerprint density at radius 1 is 1.23 bits per heavy atom. The fourth-order valence-corrected chi connectivity index (χ4v) is 3.89. The molecule has 1 aromatic rings. The smallest absolute Gasteiger partial charge is 0.240 e. The molecule has 1 aliphatic rings. The van der Waals surface area contributed by atoms with Gasteiger partial charge in [0.1, 0.15) is 0 Å². The zero-order valence-corrected chi connectivity index (χ0v) is 15.9. The SMILES string of the molecule is C#CCCC1(CCNC(=O)CCNS(=O)(=O)c2cc(C)ccc2C)N=N1. The molecule has 26 heavy (non-hydrogen) atoms. The number of amides is 1. The Balaban J connectivity index is 1.73. The summed E-state index contributed by atoms with van der Waals surface area (Å²) in [6, 6.07) is 5.24. The second kappa shape index (κ2) is 8.43. The zero-order chi connectivity index (χ0) is 19.2. The molecule has 0 unspecified atom stereocenters. The minimum absolute atomic E-state index is 0.0402. The van der Waals surface area contributed by atoms with Crippen molar-refractivity contribution in [3.05, 3.63) is 29.3 Å². The van der Waals surface area contributed by atoms with Crippen LogP contribution in [0, 0.1) is 26.2 Å². The van der Waals surface area contributed by atoms with E-state index in [1.807, 2.05) is 13.0 Å². The standard InChI is InChI=1S/C18H24N4O3S/c1-4-5-9-18(21-22-18)10-12-19-17(23)8-11-20-26(24,25)16-13-14(2)6-7-15(16)3/h1,6-7,13,20H,5,8-12H2,2-3H3,(H,19,23). The molecule has 0 saturated carbocycles. The largest absolute Gasteiger partial charge is 0.356 e. The molecule has 0 atom stereocenters. The molecule has 0 aliphatic carbocycles. The topological polar surface area (TPSA) is 100.0 Å². The Kier molecular flexibility index (Phi) is 6.51. The van der Waals surface area contributed by atoms with Crippen LogP contribution in [0.4, 0.5) is 0 Å². The number of carbonyl (C=O) groups excluding carboxylic acids is 1. The van der Waals surface area contributed by atoms with E-state index in [0.29, 0.717) is 31.4 Å². The maximum absolute atomic E-state index is 12.4. The summed E-state index contributed by atoms with van der Waals surface area (Å²) in [7, 11) is -3.63. The van der Waals surface area contributed by atoms with E-state index in [0.717, 1.165) is 5.56 Å². The first-order valence-electron chi connectivity index (χ1n) is 8.49. The van der Waals surface area contributed by atoms with Gasteiger partial charge < -0.3 is 5.32 Å². The van der Waals surface area contributed by atoms with E-state index in [1.54, 1.807) is 19.1 Å². The van der Waals surface area contributed by atoms with Gasteiger partial charge in [-0.25, -0.2) is 13.1 Å². The number of hydrogen-bond donors (Lipinski definition) is 2. The molecule has 0 spiro atoms. The maximum atomic E-state index is 12.4. The van der Waals surface area contributed by atoms with Crippen LogP contribution >= 0.6 is 0 Å². The summed E-state index contributed by atoms with van der Waals surface area (Å²) in [5, 5.41) is 10.8. The normalized spacial score (nSPS) is 14.7. The number of aryl methyl sites for hydroxylation is 2. The second-order valence-corrected chi connectivity index (χ2v) is 8.14. The summed E-state index contributed by atoms with van der Waals surface area (Å²) in [5.41, 5.74) is 1.11. The minimum atomic E-state index is -3.63. The lowest BCUT2D eigenvalue weighted by molar-refractivity contribution is -0.120. The van der Waals surface area contributed by atoms with Crippen LogP contribution in [0.5, 0.6) is 0 Å². The minimum Gasteiger partial charge on any atom is -0.356 e. The quantitative estimate of drug-likeness (QED) is 0.611. The van der Waals surface area contributed by atoms with Crippen molar-refractivity contribution in [1.29, 1.82) is 0 Å². The molecule has 0 radical (unpaired) electrons. The van der Waals surface area contributed by atoms with Crippen molar-refractivity contribution in [2.75, 3.05) is 13.1 Å². The molecule has 8 heteroatoms. The zero-order valence-electron chi connectivity index (χ0n) is 15.1. The highest BCUT2D eigenvalue weighted by Gasteiger charge is 2.38. The van der Waals surface area contributed by atoms with E-state index < -0.39 is 15.7 Å². The number of hydrogen-bond acceptors (Lipinski definition) is 5. The van der Waals surface area contributed by atoms with E-state index in [9.17, 15) is 13.2 Å². The van der Waals surface area contributed by atoms with Crippen LogP contribution in [-0.2, 0) is 14.8 Å². The highest BCUT2D eigenvalue weighted by molar-refractivity contribution is 7.89. The third kappa shape index (κ3) is 5.64. The average Bonchev–Trinajstić information content (AvgIpc) is 3.35. The molecule has 2 rings (SSSR count). The monoisotopic (exact) mass is 376 g/mol. The van der Waals surface area contributed by atoms with Gasteiger partial charge >= 0.3 is 0 Å². The van der Waals surface area contributed by atoms with Gasteiger partial charge in [0.05, 0.1) is 4.90 Å². The van der Waals surface area contributed by atoms with Crippen LogP contribution in [0.2, 0.25) is 0 Å². The van der Waals surface area contributed by atoms with Gasteiger partial charge in [0.25, 0.3) is 0 Å². The van der Waals surface area contributed by atoms with Crippen LogP contribution in [0.1, 0.15) is 36.8 Å². The molecule has 0 fully saturated rings. The van der Waals surface area contributed by atoms with Crippen LogP contribution in [-0.4, -0.2) is 33.1 Å². The molecule has 1 amide bonds. The van der Waals surface area contributed by atoms with Gasteiger partial charge in [-0.05, 0) is 31.0 Å². The Morgan fingerprint density at radius 2 is 1.96 bits per heavy atom. The van der Waals surface area contributed by atoms with Gasteiger partial charge in [0, 0.05) is 38.8 Å². The number of rotatable bonds is 10. The van der Waals surface area contributed by atoms with Gasteiger partial charge in [0.2, 0.25) is 15.9 Å². The fraction of sp³-hybridized carbons (Fsp3) is 0.500. The number of nitrogens with zero attached hydrogens (tertiary/aromatic N) is 2. The van der Waals surface area contributed by atoms with Crippen LogP contribution < -0.4 is 10.0 Å². The first-order chi connectivity index (χ1) is 12.3. The van der Waals surface area contributed by atoms with Crippen LogP contribution in [0.15, 0.2) is 33.3 Å². The van der Waals surface area contributed by atoms with E-state index in [4.69, 9.17) is 6.42 Å². The molecule has 0 bridgehead atoms. The summed E-state index contributed by atoms with van der Waals surface area (Å²) in [5.74, 6) is 2.33. The number of benzene rings is 1. The fourth-order valence-electron chi connectivity index (χ4n) is 2.53. The predicted molar refractivity (Wildman–Crippen MR) is 99.0 cm³/mol. The third-order valence-electron chi connectivity index (χ3n) is 4.18. The third-order valence-corrected chi connectivity index (χ3v) is 5.78. The van der Waals surface area contributed by atoms with Gasteiger partial charge in [-0.2, -0.15) is 10.2 Å². The van der Waals surface area contributed by atoms with Gasteiger partial charge in [0.15, 0.2) is 5.66 Å². The molecule has 1 aromatic carbocycles. The summed E-state index contributed by atoms with van der Waals surface area (Å²) in [4.78, 5) is 12.1. The Hall–Kier alpha value is -2.24. The highest BCUT2D eigenvalue weighted by atomic mass is 32.2. The lowest BCUT2D eigenvalue weighted by atomic mass is 10.0. The Bertz CT molecular complexity index is 834. The summed E-state index contributed by atoms with van der Waals surface area (Å²) < 4.78 is 27.2.